The van der Waals surface area contributed by atoms with Gasteiger partial charge in [-0.25, -0.2) is 4.79 Å². The summed E-state index contributed by atoms with van der Waals surface area (Å²) in [5, 5.41) is 2.55. The predicted octanol–water partition coefficient (Wildman–Crippen LogP) is 3.58. The van der Waals surface area contributed by atoms with Crippen molar-refractivity contribution in [2.24, 2.45) is 5.92 Å². The molecule has 0 atom stereocenters. The molecule has 0 saturated heterocycles. The number of hydrogen-bond donors (Lipinski definition) is 1. The highest BCUT2D eigenvalue weighted by Gasteiger charge is 2.24. The number of nitrogens with one attached hydrogen (secondary N) is 1. The molecule has 1 N–H and O–H groups in total. The number of rotatable bonds is 4. The van der Waals surface area contributed by atoms with Crippen LogP contribution in [0.15, 0.2) is 30.3 Å². The second-order valence-corrected chi connectivity index (χ2v) is 6.14. The zero-order valence-corrected chi connectivity index (χ0v) is 13.2. The van der Waals surface area contributed by atoms with Crippen LogP contribution in [-0.4, -0.2) is 22.5 Å². The third kappa shape index (κ3) is 4.77. The van der Waals surface area contributed by atoms with Gasteiger partial charge in [0, 0.05) is 12.2 Å². The Morgan fingerprint density at radius 3 is 2.48 bits per heavy atom. The molecule has 0 aliphatic heterocycles. The molecule has 4 nitrogen and oxygen atoms in total. The highest BCUT2D eigenvalue weighted by atomic mass is 32.2. The Hall–Kier alpha value is -1.49. The van der Waals surface area contributed by atoms with E-state index in [1.165, 1.54) is 18.4 Å². The number of hydrogen-bond acceptors (Lipinski definition) is 3. The fraction of sp³-hybridized carbons (Fsp3) is 0.500. The van der Waals surface area contributed by atoms with Crippen LogP contribution in [0.4, 0.5) is 4.79 Å². The van der Waals surface area contributed by atoms with Gasteiger partial charge in [-0.05, 0) is 30.4 Å². The first kappa shape index (κ1) is 15.9. The lowest BCUT2D eigenvalue weighted by Gasteiger charge is -2.23. The largest absolute Gasteiger partial charge is 0.334 e. The molecule has 0 radical (unpaired) electrons. The number of nitrogens with zero attached hydrogens (tertiary/aromatic N) is 1. The van der Waals surface area contributed by atoms with Crippen molar-refractivity contribution in [2.45, 2.75) is 38.6 Å². The normalized spacial score (nSPS) is 15.5. The number of carbonyl (C=O) groups is 2. The highest BCUT2D eigenvalue weighted by molar-refractivity contribution is 7.96. The zero-order valence-electron chi connectivity index (χ0n) is 12.4. The topological polar surface area (TPSA) is 49.4 Å². The van der Waals surface area contributed by atoms with Crippen molar-refractivity contribution in [1.29, 1.82) is 0 Å². The van der Waals surface area contributed by atoms with Gasteiger partial charge < -0.3 is 0 Å². The van der Waals surface area contributed by atoms with E-state index in [1.54, 1.807) is 4.31 Å². The average Bonchev–Trinajstić information content (AvgIpc) is 2.54. The van der Waals surface area contributed by atoms with E-state index < -0.39 is 0 Å². The molecule has 1 aliphatic carbocycles. The molecule has 0 bridgehead atoms. The molecule has 114 valence electrons. The molecule has 0 spiro atoms. The fourth-order valence-electron chi connectivity index (χ4n) is 2.60. The highest BCUT2D eigenvalue weighted by Crippen LogP contribution is 2.23. The Labute approximate surface area is 130 Å². The van der Waals surface area contributed by atoms with Gasteiger partial charge in [-0.1, -0.05) is 49.6 Å². The van der Waals surface area contributed by atoms with Crippen LogP contribution in [-0.2, 0) is 11.3 Å². The number of amides is 3. The Morgan fingerprint density at radius 2 is 1.86 bits per heavy atom. The minimum absolute atomic E-state index is 0.00290. The first-order valence-electron chi connectivity index (χ1n) is 7.41. The maximum atomic E-state index is 12.2. The molecule has 1 aromatic carbocycles. The lowest BCUT2D eigenvalue weighted by Crippen LogP contribution is -2.42. The summed E-state index contributed by atoms with van der Waals surface area (Å²) in [6.07, 6.45) is 7.01. The van der Waals surface area contributed by atoms with Gasteiger partial charge in [0.25, 0.3) is 0 Å². The summed E-state index contributed by atoms with van der Waals surface area (Å²) in [6.45, 7) is 0.492. The van der Waals surface area contributed by atoms with Crippen LogP contribution in [0.1, 0.15) is 37.7 Å². The molecule has 1 aliphatic rings. The van der Waals surface area contributed by atoms with E-state index in [1.807, 2.05) is 36.6 Å². The van der Waals surface area contributed by atoms with Crippen LogP contribution in [0.2, 0.25) is 0 Å². The number of carbonyl (C=O) groups excluding carboxylic acids is 2. The van der Waals surface area contributed by atoms with Crippen LogP contribution >= 0.6 is 11.9 Å². The Bertz CT molecular complexity index is 472. The van der Waals surface area contributed by atoms with Crippen LogP contribution in [0.5, 0.6) is 0 Å². The Morgan fingerprint density at radius 1 is 1.19 bits per heavy atom. The van der Waals surface area contributed by atoms with Gasteiger partial charge in [-0.3, -0.25) is 14.4 Å². The van der Waals surface area contributed by atoms with Gasteiger partial charge in [0.1, 0.15) is 0 Å². The third-order valence-electron chi connectivity index (χ3n) is 3.82. The van der Waals surface area contributed by atoms with Gasteiger partial charge in [0.05, 0.1) is 6.54 Å². The Balaban J connectivity index is 1.89. The summed E-state index contributed by atoms with van der Waals surface area (Å²) in [6, 6.07) is 9.46. The summed E-state index contributed by atoms with van der Waals surface area (Å²) in [7, 11) is 0. The molecular weight excluding hydrogens is 284 g/mol. The SMILES string of the molecule is CSN(Cc1ccccc1)C(=O)NC(=O)C1CCCCC1. The number of urea groups is 1. The van der Waals surface area contributed by atoms with Crippen LogP contribution in [0.25, 0.3) is 0 Å². The lowest BCUT2D eigenvalue weighted by atomic mass is 9.89. The molecule has 0 aromatic heterocycles. The summed E-state index contributed by atoms with van der Waals surface area (Å²) in [4.78, 5) is 24.3. The van der Waals surface area contributed by atoms with Crippen molar-refractivity contribution in [2.75, 3.05) is 6.26 Å². The van der Waals surface area contributed by atoms with E-state index in [0.717, 1.165) is 31.2 Å². The van der Waals surface area contributed by atoms with Crippen molar-refractivity contribution in [1.82, 2.24) is 9.62 Å². The predicted molar refractivity (Wildman–Crippen MR) is 85.6 cm³/mol. The zero-order chi connectivity index (χ0) is 15.1. The molecule has 0 heterocycles. The maximum absolute atomic E-state index is 12.2. The average molecular weight is 306 g/mol. The van der Waals surface area contributed by atoms with Crippen molar-refractivity contribution < 1.29 is 9.59 Å². The molecule has 1 aromatic rings. The van der Waals surface area contributed by atoms with Gasteiger partial charge in [0.15, 0.2) is 0 Å². The monoisotopic (exact) mass is 306 g/mol. The van der Waals surface area contributed by atoms with E-state index in [4.69, 9.17) is 0 Å². The fourth-order valence-corrected chi connectivity index (χ4v) is 3.09. The molecule has 2 rings (SSSR count). The molecule has 1 saturated carbocycles. The smallest absolute Gasteiger partial charge is 0.277 e. The number of imide groups is 1. The number of benzene rings is 1. The maximum Gasteiger partial charge on any atom is 0.334 e. The van der Waals surface area contributed by atoms with E-state index in [2.05, 4.69) is 5.32 Å². The summed E-state index contributed by atoms with van der Waals surface area (Å²) in [5.74, 6) is -0.116. The van der Waals surface area contributed by atoms with Gasteiger partial charge in [0.2, 0.25) is 5.91 Å². The van der Waals surface area contributed by atoms with Crippen LogP contribution < -0.4 is 5.32 Å². The quantitative estimate of drug-likeness (QED) is 0.865. The first-order chi connectivity index (χ1) is 10.2. The third-order valence-corrected chi connectivity index (χ3v) is 4.56. The molecular formula is C16H22N2O2S. The van der Waals surface area contributed by atoms with Crippen molar-refractivity contribution in [3.05, 3.63) is 35.9 Å². The second kappa shape index (κ2) is 8.08. The van der Waals surface area contributed by atoms with E-state index in [9.17, 15) is 9.59 Å². The van der Waals surface area contributed by atoms with E-state index in [0.29, 0.717) is 6.54 Å². The standard InChI is InChI=1S/C16H22N2O2S/c1-21-18(12-13-8-4-2-5-9-13)16(20)17-15(19)14-10-6-3-7-11-14/h2,4-5,8-9,14H,3,6-7,10-12H2,1H3,(H,17,19,20). The van der Waals surface area contributed by atoms with Crippen molar-refractivity contribution in [3.63, 3.8) is 0 Å². The summed E-state index contributed by atoms with van der Waals surface area (Å²) in [5.41, 5.74) is 1.05. The minimum atomic E-state index is -0.318. The summed E-state index contributed by atoms with van der Waals surface area (Å²) < 4.78 is 1.58. The molecule has 0 unspecified atom stereocenters. The first-order valence-corrected chi connectivity index (χ1v) is 8.59. The molecule has 5 heteroatoms. The van der Waals surface area contributed by atoms with Crippen LogP contribution in [0.3, 0.4) is 0 Å². The molecule has 3 amide bonds. The second-order valence-electron chi connectivity index (χ2n) is 5.33. The molecule has 1 fully saturated rings. The Kier molecular flexibility index (Phi) is 6.11. The van der Waals surface area contributed by atoms with E-state index in [-0.39, 0.29) is 17.9 Å². The van der Waals surface area contributed by atoms with Gasteiger partial charge in [-0.15, -0.1) is 0 Å². The van der Waals surface area contributed by atoms with E-state index >= 15 is 0 Å². The lowest BCUT2D eigenvalue weighted by molar-refractivity contribution is -0.124. The summed E-state index contributed by atoms with van der Waals surface area (Å²) >= 11 is 1.33. The molecule has 21 heavy (non-hydrogen) atoms. The minimum Gasteiger partial charge on any atom is -0.277 e. The van der Waals surface area contributed by atoms with Gasteiger partial charge in [-0.2, -0.15) is 0 Å². The van der Waals surface area contributed by atoms with Gasteiger partial charge >= 0.3 is 6.03 Å². The van der Waals surface area contributed by atoms with Crippen molar-refractivity contribution in [3.8, 4) is 0 Å². The van der Waals surface area contributed by atoms with Crippen LogP contribution in [0, 0.1) is 5.92 Å². The van der Waals surface area contributed by atoms with Crippen molar-refractivity contribution >= 4 is 23.9 Å².